The van der Waals surface area contributed by atoms with E-state index in [2.05, 4.69) is 10.4 Å². The summed E-state index contributed by atoms with van der Waals surface area (Å²) in [5, 5.41) is 8.42. The molecule has 0 atom stereocenters. The van der Waals surface area contributed by atoms with Crippen molar-refractivity contribution >= 4 is 16.7 Å². The molecule has 0 saturated carbocycles. The van der Waals surface area contributed by atoms with Crippen LogP contribution in [-0.2, 0) is 13.6 Å². The average Bonchev–Trinajstić information content (AvgIpc) is 2.63. The van der Waals surface area contributed by atoms with Gasteiger partial charge in [-0.05, 0) is 24.3 Å². The van der Waals surface area contributed by atoms with E-state index in [9.17, 15) is 9.59 Å². The first-order valence-electron chi connectivity index (χ1n) is 7.47. The van der Waals surface area contributed by atoms with Gasteiger partial charge in [0.05, 0.1) is 24.7 Å². The molecule has 2 aromatic carbocycles. The molecule has 3 rings (SSSR count). The van der Waals surface area contributed by atoms with Gasteiger partial charge in [-0.2, -0.15) is 5.10 Å². The van der Waals surface area contributed by atoms with Gasteiger partial charge in [-0.15, -0.1) is 0 Å². The highest BCUT2D eigenvalue weighted by molar-refractivity contribution is 5.94. The molecule has 0 fully saturated rings. The molecule has 0 radical (unpaired) electrons. The number of ether oxygens (including phenoxy) is 1. The first kappa shape index (κ1) is 15.7. The van der Waals surface area contributed by atoms with Crippen LogP contribution in [0.5, 0.6) is 5.75 Å². The van der Waals surface area contributed by atoms with Crippen molar-refractivity contribution in [1.82, 2.24) is 15.1 Å². The molecule has 0 unspecified atom stereocenters. The molecule has 1 aromatic heterocycles. The van der Waals surface area contributed by atoms with Gasteiger partial charge >= 0.3 is 0 Å². The fraction of sp³-hybridized carbons (Fsp3) is 0.167. The summed E-state index contributed by atoms with van der Waals surface area (Å²) in [6, 6.07) is 14.2. The summed E-state index contributed by atoms with van der Waals surface area (Å²) in [5.74, 6) is 0.391. The fourth-order valence-corrected chi connectivity index (χ4v) is 2.54. The van der Waals surface area contributed by atoms with Crippen LogP contribution >= 0.6 is 0 Å². The van der Waals surface area contributed by atoms with E-state index >= 15 is 0 Å². The number of nitrogens with one attached hydrogen (secondary N) is 1. The minimum atomic E-state index is -0.228. The number of carbonyl (C=O) groups is 1. The summed E-state index contributed by atoms with van der Waals surface area (Å²) < 4.78 is 6.41. The molecule has 24 heavy (non-hydrogen) atoms. The minimum Gasteiger partial charge on any atom is -0.497 e. The first-order chi connectivity index (χ1) is 11.6. The van der Waals surface area contributed by atoms with E-state index in [-0.39, 0.29) is 18.0 Å². The summed E-state index contributed by atoms with van der Waals surface area (Å²) >= 11 is 0. The number of rotatable bonds is 4. The van der Waals surface area contributed by atoms with Crippen molar-refractivity contribution < 1.29 is 9.53 Å². The van der Waals surface area contributed by atoms with Gasteiger partial charge in [0, 0.05) is 18.0 Å². The van der Waals surface area contributed by atoms with Crippen LogP contribution in [0.25, 0.3) is 10.8 Å². The topological polar surface area (TPSA) is 73.2 Å². The fourth-order valence-electron chi connectivity index (χ4n) is 2.54. The maximum Gasteiger partial charge on any atom is 0.274 e. The maximum absolute atomic E-state index is 12.3. The number of carbonyl (C=O) groups excluding carboxylic acids is 1. The Morgan fingerprint density at radius 2 is 1.92 bits per heavy atom. The van der Waals surface area contributed by atoms with E-state index in [1.807, 2.05) is 18.2 Å². The van der Waals surface area contributed by atoms with Gasteiger partial charge in [-0.1, -0.05) is 24.3 Å². The third-order valence-corrected chi connectivity index (χ3v) is 3.78. The van der Waals surface area contributed by atoms with Crippen LogP contribution in [-0.4, -0.2) is 22.8 Å². The molecule has 0 aliphatic carbocycles. The smallest absolute Gasteiger partial charge is 0.274 e. The van der Waals surface area contributed by atoms with Crippen LogP contribution in [0.2, 0.25) is 0 Å². The predicted octanol–water partition coefficient (Wildman–Crippen LogP) is 1.87. The lowest BCUT2D eigenvalue weighted by Crippen LogP contribution is -2.27. The quantitative estimate of drug-likeness (QED) is 0.795. The Balaban J connectivity index is 1.87. The van der Waals surface area contributed by atoms with E-state index in [1.165, 1.54) is 4.68 Å². The van der Waals surface area contributed by atoms with Crippen LogP contribution in [0.1, 0.15) is 16.1 Å². The van der Waals surface area contributed by atoms with E-state index < -0.39 is 0 Å². The Kier molecular flexibility index (Phi) is 4.29. The van der Waals surface area contributed by atoms with Crippen LogP contribution in [0.4, 0.5) is 0 Å². The largest absolute Gasteiger partial charge is 0.497 e. The number of amides is 1. The second-order valence-corrected chi connectivity index (χ2v) is 5.34. The SMILES string of the molecule is COc1cccc(C(=O)NCc2nn(C)c(=O)c3ccccc23)c1. The number of benzene rings is 2. The van der Waals surface area contributed by atoms with E-state index in [4.69, 9.17) is 4.74 Å². The van der Waals surface area contributed by atoms with Gasteiger partial charge < -0.3 is 10.1 Å². The van der Waals surface area contributed by atoms with Crippen molar-refractivity contribution in [3.63, 3.8) is 0 Å². The lowest BCUT2D eigenvalue weighted by molar-refractivity contribution is 0.0950. The Hall–Kier alpha value is -3.15. The Labute approximate surface area is 138 Å². The summed E-state index contributed by atoms with van der Waals surface area (Å²) in [6.07, 6.45) is 0. The van der Waals surface area contributed by atoms with E-state index in [0.29, 0.717) is 22.4 Å². The van der Waals surface area contributed by atoms with Gasteiger partial charge in [0.2, 0.25) is 0 Å². The predicted molar refractivity (Wildman–Crippen MR) is 91.1 cm³/mol. The zero-order valence-electron chi connectivity index (χ0n) is 13.4. The third kappa shape index (κ3) is 2.99. The number of nitrogens with zero attached hydrogens (tertiary/aromatic N) is 2. The second kappa shape index (κ2) is 6.54. The molecule has 1 N–H and O–H groups in total. The number of hydrogen-bond donors (Lipinski definition) is 1. The van der Waals surface area contributed by atoms with Crippen LogP contribution in [0, 0.1) is 0 Å². The molecule has 0 aliphatic rings. The number of aromatic nitrogens is 2. The normalized spacial score (nSPS) is 10.6. The lowest BCUT2D eigenvalue weighted by atomic mass is 10.1. The molecular formula is C18H17N3O3. The highest BCUT2D eigenvalue weighted by atomic mass is 16.5. The molecule has 0 spiro atoms. The first-order valence-corrected chi connectivity index (χ1v) is 7.47. The molecule has 1 amide bonds. The Morgan fingerprint density at radius 3 is 2.67 bits per heavy atom. The van der Waals surface area contributed by atoms with Gasteiger partial charge in [0.25, 0.3) is 11.5 Å². The van der Waals surface area contributed by atoms with Crippen molar-refractivity contribution in [3.8, 4) is 5.75 Å². The molecule has 0 saturated heterocycles. The Bertz CT molecular complexity index is 963. The summed E-state index contributed by atoms with van der Waals surface area (Å²) in [4.78, 5) is 24.4. The second-order valence-electron chi connectivity index (χ2n) is 5.34. The molecular weight excluding hydrogens is 306 g/mol. The van der Waals surface area contributed by atoms with Gasteiger partial charge in [0.15, 0.2) is 0 Å². The third-order valence-electron chi connectivity index (χ3n) is 3.78. The summed E-state index contributed by atoms with van der Waals surface area (Å²) in [7, 11) is 3.15. The molecule has 1 heterocycles. The average molecular weight is 323 g/mol. The van der Waals surface area contributed by atoms with E-state index in [1.54, 1.807) is 44.5 Å². The van der Waals surface area contributed by atoms with Crippen LogP contribution < -0.4 is 15.6 Å². The molecule has 6 nitrogen and oxygen atoms in total. The van der Waals surface area contributed by atoms with Crippen molar-refractivity contribution in [2.24, 2.45) is 7.05 Å². The maximum atomic E-state index is 12.3. The van der Waals surface area contributed by atoms with Gasteiger partial charge in [0.1, 0.15) is 5.75 Å². The summed E-state index contributed by atoms with van der Waals surface area (Å²) in [5.41, 5.74) is 0.987. The molecule has 6 heteroatoms. The van der Waals surface area contributed by atoms with Crippen molar-refractivity contribution in [3.05, 3.63) is 70.1 Å². The number of hydrogen-bond acceptors (Lipinski definition) is 4. The summed E-state index contributed by atoms with van der Waals surface area (Å²) in [6.45, 7) is 0.227. The molecule has 0 aliphatic heterocycles. The number of fused-ring (bicyclic) bond motifs is 1. The van der Waals surface area contributed by atoms with Crippen molar-refractivity contribution in [2.45, 2.75) is 6.54 Å². The van der Waals surface area contributed by atoms with Crippen LogP contribution in [0.15, 0.2) is 53.3 Å². The number of methoxy groups -OCH3 is 1. The number of aryl methyl sites for hydroxylation is 1. The minimum absolute atomic E-state index is 0.159. The highest BCUT2D eigenvalue weighted by Crippen LogP contribution is 2.14. The zero-order valence-corrected chi connectivity index (χ0v) is 13.4. The van der Waals surface area contributed by atoms with Crippen LogP contribution in [0.3, 0.4) is 0 Å². The molecule has 0 bridgehead atoms. The molecule has 3 aromatic rings. The van der Waals surface area contributed by atoms with Crippen molar-refractivity contribution in [1.29, 1.82) is 0 Å². The van der Waals surface area contributed by atoms with Gasteiger partial charge in [-0.3, -0.25) is 9.59 Å². The Morgan fingerprint density at radius 1 is 1.17 bits per heavy atom. The van der Waals surface area contributed by atoms with Crippen molar-refractivity contribution in [2.75, 3.05) is 7.11 Å². The lowest BCUT2D eigenvalue weighted by Gasteiger charge is -2.10. The van der Waals surface area contributed by atoms with E-state index in [0.717, 1.165) is 5.39 Å². The zero-order chi connectivity index (χ0) is 17.1. The highest BCUT2D eigenvalue weighted by Gasteiger charge is 2.11. The standard InChI is InChI=1S/C18H17N3O3/c1-21-18(23)15-9-4-3-8-14(15)16(20-21)11-19-17(22)12-6-5-7-13(10-12)24-2/h3-10H,11H2,1-2H3,(H,19,22). The van der Waals surface area contributed by atoms with Gasteiger partial charge in [-0.25, -0.2) is 4.68 Å². The monoisotopic (exact) mass is 323 g/mol. The molecule has 122 valence electrons.